The van der Waals surface area contributed by atoms with Crippen molar-refractivity contribution < 1.29 is 4.74 Å². The fourth-order valence-corrected chi connectivity index (χ4v) is 2.39. The van der Waals surface area contributed by atoms with Crippen LogP contribution in [0.5, 0.6) is 5.75 Å². The van der Waals surface area contributed by atoms with Crippen LogP contribution in [0.4, 0.5) is 5.69 Å². The van der Waals surface area contributed by atoms with Gasteiger partial charge in [-0.1, -0.05) is 29.8 Å². The van der Waals surface area contributed by atoms with Crippen molar-refractivity contribution in [1.82, 2.24) is 4.90 Å². The normalized spacial score (nSPS) is 10.8. The molecule has 0 unspecified atom stereocenters. The molecule has 0 saturated carbocycles. The van der Waals surface area contributed by atoms with Gasteiger partial charge in [0.15, 0.2) is 0 Å². The third-order valence-electron chi connectivity index (χ3n) is 3.17. The Labute approximate surface area is 124 Å². The summed E-state index contributed by atoms with van der Waals surface area (Å²) in [6, 6.07) is 13.7. The highest BCUT2D eigenvalue weighted by molar-refractivity contribution is 6.31. The summed E-state index contributed by atoms with van der Waals surface area (Å²) in [5.74, 6) is 0.869. The summed E-state index contributed by atoms with van der Waals surface area (Å²) in [5.41, 5.74) is 8.87. The topological polar surface area (TPSA) is 38.5 Å². The third-order valence-corrected chi connectivity index (χ3v) is 3.52. The van der Waals surface area contributed by atoms with Crippen LogP contribution in [-0.4, -0.2) is 19.1 Å². The number of nitrogen functional groups attached to an aromatic ring is 1. The molecule has 0 heterocycles. The van der Waals surface area contributed by atoms with E-state index in [1.54, 1.807) is 7.11 Å². The summed E-state index contributed by atoms with van der Waals surface area (Å²) >= 11 is 6.20. The Bertz CT molecular complexity index is 566. The van der Waals surface area contributed by atoms with Crippen molar-refractivity contribution in [2.45, 2.75) is 13.1 Å². The highest BCUT2D eigenvalue weighted by atomic mass is 35.5. The average Bonchev–Trinajstić information content (AvgIpc) is 2.43. The smallest absolute Gasteiger partial charge is 0.119 e. The van der Waals surface area contributed by atoms with E-state index in [0.717, 1.165) is 23.5 Å². The summed E-state index contributed by atoms with van der Waals surface area (Å²) in [4.78, 5) is 2.17. The SMILES string of the molecule is COc1cccc(CN(C)Cc2c(N)cccc2Cl)c1. The summed E-state index contributed by atoms with van der Waals surface area (Å²) in [6.45, 7) is 1.52. The molecule has 0 amide bonds. The number of benzene rings is 2. The molecule has 0 aliphatic heterocycles. The van der Waals surface area contributed by atoms with E-state index in [1.807, 2.05) is 43.4 Å². The van der Waals surface area contributed by atoms with Crippen LogP contribution in [-0.2, 0) is 13.1 Å². The zero-order chi connectivity index (χ0) is 14.5. The van der Waals surface area contributed by atoms with E-state index in [-0.39, 0.29) is 0 Å². The molecule has 0 saturated heterocycles. The van der Waals surface area contributed by atoms with Gasteiger partial charge in [-0.2, -0.15) is 0 Å². The largest absolute Gasteiger partial charge is 0.497 e. The molecule has 106 valence electrons. The van der Waals surface area contributed by atoms with Crippen molar-refractivity contribution in [2.24, 2.45) is 0 Å². The van der Waals surface area contributed by atoms with Crippen LogP contribution in [0.15, 0.2) is 42.5 Å². The van der Waals surface area contributed by atoms with Gasteiger partial charge in [-0.15, -0.1) is 0 Å². The molecule has 0 atom stereocenters. The maximum absolute atomic E-state index is 6.20. The Kier molecular flexibility index (Phi) is 4.88. The number of nitrogens with two attached hydrogens (primary N) is 1. The van der Waals surface area contributed by atoms with Crippen LogP contribution in [0.25, 0.3) is 0 Å². The predicted octanol–water partition coefficient (Wildman–Crippen LogP) is 3.56. The van der Waals surface area contributed by atoms with Gasteiger partial charge in [0.1, 0.15) is 5.75 Å². The molecule has 0 radical (unpaired) electrons. The number of halogens is 1. The first-order valence-corrected chi connectivity index (χ1v) is 6.82. The van der Waals surface area contributed by atoms with E-state index in [2.05, 4.69) is 11.0 Å². The molecular weight excluding hydrogens is 272 g/mol. The molecule has 20 heavy (non-hydrogen) atoms. The number of rotatable bonds is 5. The molecule has 0 bridgehead atoms. The minimum absolute atomic E-state index is 0.711. The van der Waals surface area contributed by atoms with Crippen molar-refractivity contribution in [1.29, 1.82) is 0 Å². The number of nitrogens with zero attached hydrogens (tertiary/aromatic N) is 1. The molecule has 0 fully saturated rings. The lowest BCUT2D eigenvalue weighted by Gasteiger charge is -2.19. The molecule has 0 aliphatic rings. The number of hydrogen-bond donors (Lipinski definition) is 1. The van der Waals surface area contributed by atoms with Crippen molar-refractivity contribution >= 4 is 17.3 Å². The van der Waals surface area contributed by atoms with Crippen LogP contribution in [0.3, 0.4) is 0 Å². The van der Waals surface area contributed by atoms with Gasteiger partial charge in [0, 0.05) is 29.4 Å². The van der Waals surface area contributed by atoms with Crippen LogP contribution in [0.2, 0.25) is 5.02 Å². The molecule has 0 spiro atoms. The van der Waals surface area contributed by atoms with Crippen LogP contribution in [0.1, 0.15) is 11.1 Å². The number of ether oxygens (including phenoxy) is 1. The average molecular weight is 291 g/mol. The van der Waals surface area contributed by atoms with Gasteiger partial charge in [-0.05, 0) is 36.9 Å². The van der Waals surface area contributed by atoms with Crippen molar-refractivity contribution in [3.63, 3.8) is 0 Å². The Morgan fingerprint density at radius 3 is 2.60 bits per heavy atom. The first-order valence-electron chi connectivity index (χ1n) is 6.44. The standard InChI is InChI=1S/C16H19ClN2O/c1-19(10-12-5-3-6-13(9-12)20-2)11-14-15(17)7-4-8-16(14)18/h3-9H,10-11,18H2,1-2H3. The van der Waals surface area contributed by atoms with Gasteiger partial charge in [-0.25, -0.2) is 0 Å². The lowest BCUT2D eigenvalue weighted by atomic mass is 10.1. The Hall–Kier alpha value is -1.71. The first-order chi connectivity index (χ1) is 9.60. The molecule has 2 rings (SSSR count). The fourth-order valence-electron chi connectivity index (χ4n) is 2.15. The van der Waals surface area contributed by atoms with Gasteiger partial charge in [0.25, 0.3) is 0 Å². The molecule has 3 nitrogen and oxygen atoms in total. The number of methoxy groups -OCH3 is 1. The van der Waals surface area contributed by atoms with E-state index in [9.17, 15) is 0 Å². The second kappa shape index (κ2) is 6.64. The third kappa shape index (κ3) is 3.65. The Morgan fingerprint density at radius 2 is 1.90 bits per heavy atom. The highest BCUT2D eigenvalue weighted by Gasteiger charge is 2.08. The zero-order valence-corrected chi connectivity index (χ0v) is 12.5. The maximum atomic E-state index is 6.20. The van der Waals surface area contributed by atoms with Crippen molar-refractivity contribution in [3.05, 3.63) is 58.6 Å². The second-order valence-electron chi connectivity index (χ2n) is 4.83. The Morgan fingerprint density at radius 1 is 1.15 bits per heavy atom. The summed E-state index contributed by atoms with van der Waals surface area (Å²) in [5, 5.41) is 0.711. The van der Waals surface area contributed by atoms with E-state index < -0.39 is 0 Å². The highest BCUT2D eigenvalue weighted by Crippen LogP contribution is 2.24. The quantitative estimate of drug-likeness (QED) is 0.856. The van der Waals surface area contributed by atoms with Crippen LogP contribution < -0.4 is 10.5 Å². The van der Waals surface area contributed by atoms with Gasteiger partial charge in [-0.3, -0.25) is 4.90 Å². The lowest BCUT2D eigenvalue weighted by molar-refractivity contribution is 0.319. The predicted molar refractivity (Wildman–Crippen MR) is 84.0 cm³/mol. The molecule has 0 aliphatic carbocycles. The first kappa shape index (κ1) is 14.7. The van der Waals surface area contributed by atoms with Crippen molar-refractivity contribution in [2.75, 3.05) is 19.9 Å². The lowest BCUT2D eigenvalue weighted by Crippen LogP contribution is -2.18. The van der Waals surface area contributed by atoms with E-state index in [4.69, 9.17) is 22.1 Å². The molecule has 0 aromatic heterocycles. The van der Waals surface area contributed by atoms with Gasteiger partial charge in [0.2, 0.25) is 0 Å². The van der Waals surface area contributed by atoms with Crippen molar-refractivity contribution in [3.8, 4) is 5.75 Å². The monoisotopic (exact) mass is 290 g/mol. The van der Waals surface area contributed by atoms with Gasteiger partial charge < -0.3 is 10.5 Å². The van der Waals surface area contributed by atoms with Crippen LogP contribution >= 0.6 is 11.6 Å². The number of hydrogen-bond acceptors (Lipinski definition) is 3. The maximum Gasteiger partial charge on any atom is 0.119 e. The molecule has 2 aromatic carbocycles. The van der Waals surface area contributed by atoms with E-state index >= 15 is 0 Å². The molecule has 2 N–H and O–H groups in total. The fraction of sp³-hybridized carbons (Fsp3) is 0.250. The van der Waals surface area contributed by atoms with Gasteiger partial charge >= 0.3 is 0 Å². The zero-order valence-electron chi connectivity index (χ0n) is 11.8. The minimum atomic E-state index is 0.711. The molecule has 4 heteroatoms. The summed E-state index contributed by atoms with van der Waals surface area (Å²) < 4.78 is 5.23. The molecular formula is C16H19ClN2O. The second-order valence-corrected chi connectivity index (χ2v) is 5.24. The Balaban J connectivity index is 2.07. The summed E-state index contributed by atoms with van der Waals surface area (Å²) in [6.07, 6.45) is 0. The number of anilines is 1. The van der Waals surface area contributed by atoms with E-state index in [1.165, 1.54) is 5.56 Å². The van der Waals surface area contributed by atoms with E-state index in [0.29, 0.717) is 11.6 Å². The summed E-state index contributed by atoms with van der Waals surface area (Å²) in [7, 11) is 3.72. The van der Waals surface area contributed by atoms with Gasteiger partial charge in [0.05, 0.1) is 7.11 Å². The van der Waals surface area contributed by atoms with Crippen LogP contribution in [0, 0.1) is 0 Å². The molecule has 2 aromatic rings. The minimum Gasteiger partial charge on any atom is -0.497 e.